The highest BCUT2D eigenvalue weighted by Crippen LogP contribution is 2.22. The number of carbonyl (C=O) groups excluding carboxylic acids is 2. The summed E-state index contributed by atoms with van der Waals surface area (Å²) < 4.78 is 27.9. The number of nitrogens with zero attached hydrogens (tertiary/aromatic N) is 1. The number of sulfonamides is 1. The van der Waals surface area contributed by atoms with Gasteiger partial charge in [0, 0.05) is 19.5 Å². The SMILES string of the molecule is Cc1cc(C)c(S(=O)(=O)N[C@@H](CNC(=O)C2=NOC(CCCCNC(N)=O)C2)C(=O)O)c(C)c1. The first-order chi connectivity index (χ1) is 15.9. The van der Waals surface area contributed by atoms with Gasteiger partial charge in [0.2, 0.25) is 10.0 Å². The third-order valence-electron chi connectivity index (χ3n) is 5.18. The van der Waals surface area contributed by atoms with Gasteiger partial charge >= 0.3 is 12.0 Å². The number of amides is 3. The summed E-state index contributed by atoms with van der Waals surface area (Å²) in [7, 11) is -4.15. The van der Waals surface area contributed by atoms with E-state index in [0.29, 0.717) is 30.5 Å². The van der Waals surface area contributed by atoms with Crippen LogP contribution in [-0.4, -0.2) is 62.4 Å². The molecule has 1 aliphatic rings. The van der Waals surface area contributed by atoms with E-state index in [-0.39, 0.29) is 23.1 Å². The molecule has 0 aromatic heterocycles. The number of carbonyl (C=O) groups is 3. The van der Waals surface area contributed by atoms with Gasteiger partial charge in [0.05, 0.1) is 4.90 Å². The molecule has 34 heavy (non-hydrogen) atoms. The minimum atomic E-state index is -4.15. The molecule has 2 rings (SSSR count). The highest BCUT2D eigenvalue weighted by molar-refractivity contribution is 7.89. The fraction of sp³-hybridized carbons (Fsp3) is 0.524. The van der Waals surface area contributed by atoms with E-state index in [1.807, 2.05) is 6.92 Å². The maximum Gasteiger partial charge on any atom is 0.323 e. The average molecular weight is 498 g/mol. The number of urea groups is 1. The minimum absolute atomic E-state index is 0.0121. The van der Waals surface area contributed by atoms with Crippen LogP contribution in [0.15, 0.2) is 22.2 Å². The zero-order chi connectivity index (χ0) is 25.5. The minimum Gasteiger partial charge on any atom is -0.480 e. The van der Waals surface area contributed by atoms with Crippen molar-refractivity contribution in [2.75, 3.05) is 13.1 Å². The number of aryl methyl sites for hydroxylation is 3. The molecule has 1 heterocycles. The van der Waals surface area contributed by atoms with Crippen LogP contribution < -0.4 is 21.1 Å². The Morgan fingerprint density at radius 3 is 2.41 bits per heavy atom. The lowest BCUT2D eigenvalue weighted by Crippen LogP contribution is -2.49. The monoisotopic (exact) mass is 497 g/mol. The maximum atomic E-state index is 12.9. The van der Waals surface area contributed by atoms with E-state index in [1.54, 1.807) is 26.0 Å². The van der Waals surface area contributed by atoms with Crippen molar-refractivity contribution < 1.29 is 32.7 Å². The first-order valence-corrected chi connectivity index (χ1v) is 12.3. The van der Waals surface area contributed by atoms with Gasteiger partial charge in [-0.25, -0.2) is 13.2 Å². The molecule has 13 heteroatoms. The highest BCUT2D eigenvalue weighted by Gasteiger charge is 2.30. The van der Waals surface area contributed by atoms with E-state index in [0.717, 1.165) is 12.0 Å². The Bertz CT molecular complexity index is 1050. The van der Waals surface area contributed by atoms with Crippen molar-refractivity contribution in [1.29, 1.82) is 0 Å². The third kappa shape index (κ3) is 7.70. The van der Waals surface area contributed by atoms with Crippen LogP contribution in [-0.2, 0) is 24.4 Å². The molecule has 1 aromatic rings. The zero-order valence-electron chi connectivity index (χ0n) is 19.4. The van der Waals surface area contributed by atoms with Crippen LogP contribution in [0, 0.1) is 20.8 Å². The van der Waals surface area contributed by atoms with Gasteiger partial charge in [-0.05, 0) is 51.2 Å². The molecule has 0 saturated heterocycles. The predicted molar refractivity (Wildman–Crippen MR) is 124 cm³/mol. The summed E-state index contributed by atoms with van der Waals surface area (Å²) >= 11 is 0. The number of oxime groups is 1. The number of carboxylic acid groups (broad SMARTS) is 1. The number of nitrogens with one attached hydrogen (secondary N) is 3. The van der Waals surface area contributed by atoms with E-state index in [4.69, 9.17) is 10.6 Å². The molecule has 0 spiro atoms. The van der Waals surface area contributed by atoms with Crippen LogP contribution >= 0.6 is 0 Å². The molecule has 0 radical (unpaired) electrons. The summed E-state index contributed by atoms with van der Waals surface area (Å²) in [6, 6.07) is 1.22. The molecule has 2 atom stereocenters. The lowest BCUT2D eigenvalue weighted by molar-refractivity contribution is -0.138. The topological polar surface area (TPSA) is 189 Å². The molecule has 0 aliphatic carbocycles. The van der Waals surface area contributed by atoms with Crippen LogP contribution in [0.3, 0.4) is 0 Å². The molecule has 1 aliphatic heterocycles. The van der Waals surface area contributed by atoms with Crippen molar-refractivity contribution in [3.05, 3.63) is 28.8 Å². The summed E-state index contributed by atoms with van der Waals surface area (Å²) in [6.45, 7) is 5.06. The van der Waals surface area contributed by atoms with Crippen LogP contribution in [0.4, 0.5) is 4.79 Å². The Labute approximate surface area is 198 Å². The molecule has 0 saturated carbocycles. The van der Waals surface area contributed by atoms with Gasteiger partial charge in [0.1, 0.15) is 17.9 Å². The molecule has 0 bridgehead atoms. The van der Waals surface area contributed by atoms with Crippen molar-refractivity contribution in [1.82, 2.24) is 15.4 Å². The molecular formula is C21H31N5O7S. The van der Waals surface area contributed by atoms with Gasteiger partial charge in [-0.1, -0.05) is 22.9 Å². The third-order valence-corrected chi connectivity index (χ3v) is 6.96. The van der Waals surface area contributed by atoms with Crippen molar-refractivity contribution in [3.63, 3.8) is 0 Å². The number of carboxylic acids is 1. The fourth-order valence-corrected chi connectivity index (χ4v) is 5.38. The smallest absolute Gasteiger partial charge is 0.323 e. The van der Waals surface area contributed by atoms with Crippen molar-refractivity contribution in [3.8, 4) is 0 Å². The number of rotatable bonds is 12. The number of unbranched alkanes of at least 4 members (excludes halogenated alkanes) is 1. The first-order valence-electron chi connectivity index (χ1n) is 10.8. The maximum absolute atomic E-state index is 12.9. The standard InChI is InChI=1S/C21H31N5O7S/c1-12-8-13(2)18(14(3)9-12)34(31,32)26-17(20(28)29)11-24-19(27)16-10-15(33-25-16)6-4-5-7-23-21(22)30/h8-9,15,17,26H,4-7,10-11H2,1-3H3,(H,24,27)(H,28,29)(H3,22,23,30)/t15?,17-/m0/s1. The van der Waals surface area contributed by atoms with E-state index >= 15 is 0 Å². The lowest BCUT2D eigenvalue weighted by atomic mass is 10.1. The molecule has 6 N–H and O–H groups in total. The Morgan fingerprint density at radius 2 is 1.82 bits per heavy atom. The summed E-state index contributed by atoms with van der Waals surface area (Å²) in [5.74, 6) is -2.07. The quantitative estimate of drug-likeness (QED) is 0.259. The Hall–Kier alpha value is -3.19. The second-order valence-electron chi connectivity index (χ2n) is 8.21. The van der Waals surface area contributed by atoms with E-state index in [9.17, 15) is 27.9 Å². The summed E-state index contributed by atoms with van der Waals surface area (Å²) in [4.78, 5) is 39.9. The van der Waals surface area contributed by atoms with E-state index < -0.39 is 40.5 Å². The predicted octanol–water partition coefficient (Wildman–Crippen LogP) is 0.443. The van der Waals surface area contributed by atoms with Crippen LogP contribution in [0.1, 0.15) is 42.4 Å². The number of primary amides is 1. The van der Waals surface area contributed by atoms with Crippen LogP contribution in [0.2, 0.25) is 0 Å². The normalized spacial score (nSPS) is 16.3. The van der Waals surface area contributed by atoms with Crippen LogP contribution in [0.25, 0.3) is 0 Å². The van der Waals surface area contributed by atoms with E-state index in [1.165, 1.54) is 0 Å². The average Bonchev–Trinajstić information content (AvgIpc) is 3.18. The van der Waals surface area contributed by atoms with Gasteiger partial charge < -0.3 is 26.3 Å². The largest absolute Gasteiger partial charge is 0.480 e. The van der Waals surface area contributed by atoms with Crippen LogP contribution in [0.5, 0.6) is 0 Å². The second kappa shape index (κ2) is 11.8. The lowest BCUT2D eigenvalue weighted by Gasteiger charge is -2.18. The number of hydrogen-bond acceptors (Lipinski definition) is 7. The highest BCUT2D eigenvalue weighted by atomic mass is 32.2. The molecule has 12 nitrogen and oxygen atoms in total. The number of nitrogens with two attached hydrogens (primary N) is 1. The molecule has 1 unspecified atom stereocenters. The Balaban J connectivity index is 1.90. The molecule has 3 amide bonds. The molecular weight excluding hydrogens is 466 g/mol. The second-order valence-corrected chi connectivity index (χ2v) is 9.86. The summed E-state index contributed by atoms with van der Waals surface area (Å²) in [5.41, 5.74) is 6.95. The van der Waals surface area contributed by atoms with E-state index in [2.05, 4.69) is 20.5 Å². The van der Waals surface area contributed by atoms with Gasteiger partial charge in [-0.3, -0.25) is 9.59 Å². The van der Waals surface area contributed by atoms with Crippen molar-refractivity contribution >= 4 is 33.6 Å². The zero-order valence-corrected chi connectivity index (χ0v) is 20.2. The van der Waals surface area contributed by atoms with Crippen molar-refractivity contribution in [2.24, 2.45) is 10.9 Å². The Kier molecular flexibility index (Phi) is 9.38. The molecule has 1 aromatic carbocycles. The van der Waals surface area contributed by atoms with Gasteiger partial charge in [0.15, 0.2) is 0 Å². The Morgan fingerprint density at radius 1 is 1.18 bits per heavy atom. The summed E-state index contributed by atoms with van der Waals surface area (Å²) in [5, 5.41) is 18.1. The number of aliphatic carboxylic acids is 1. The van der Waals surface area contributed by atoms with Gasteiger partial charge in [-0.15, -0.1) is 0 Å². The van der Waals surface area contributed by atoms with Gasteiger partial charge in [-0.2, -0.15) is 4.72 Å². The molecule has 188 valence electrons. The fourth-order valence-electron chi connectivity index (χ4n) is 3.74. The van der Waals surface area contributed by atoms with Crippen molar-refractivity contribution in [2.45, 2.75) is 63.5 Å². The van der Waals surface area contributed by atoms with Gasteiger partial charge in [0.25, 0.3) is 5.91 Å². The number of hydrogen-bond donors (Lipinski definition) is 5. The number of benzene rings is 1. The first kappa shape index (κ1) is 27.1. The molecule has 0 fully saturated rings. The summed E-state index contributed by atoms with van der Waals surface area (Å²) in [6.07, 6.45) is 1.94.